The van der Waals surface area contributed by atoms with Gasteiger partial charge >= 0.3 is 5.69 Å². The minimum atomic E-state index is -0.357. The number of hydrogen-bond acceptors (Lipinski definition) is 4. The molecule has 3 rings (SSSR count). The molecule has 0 bridgehead atoms. The van der Waals surface area contributed by atoms with Gasteiger partial charge in [0.1, 0.15) is 0 Å². The molecular weight excluding hydrogens is 372 g/mol. The minimum absolute atomic E-state index is 0.306. The smallest absolute Gasteiger partial charge is 0.309 e. The quantitative estimate of drug-likeness (QED) is 0.431. The third-order valence-electron chi connectivity index (χ3n) is 4.69. The van der Waals surface area contributed by atoms with Crippen molar-refractivity contribution in [2.24, 2.45) is 14.1 Å². The molecule has 2 aromatic heterocycles. The van der Waals surface area contributed by atoms with E-state index in [1.807, 2.05) is 47.1 Å². The molecule has 0 fully saturated rings. The summed E-state index contributed by atoms with van der Waals surface area (Å²) < 4.78 is 4.52. The predicted octanol–water partition coefficient (Wildman–Crippen LogP) is 3.43. The molecule has 0 N–H and O–H groups in total. The number of aryl methyl sites for hydroxylation is 1. The summed E-state index contributed by atoms with van der Waals surface area (Å²) in [6, 6.07) is 10.0. The lowest BCUT2D eigenvalue weighted by molar-refractivity contribution is 0.700. The fraction of sp³-hybridized carbons (Fsp3) is 0.381. The molecule has 0 aliphatic heterocycles. The Morgan fingerprint density at radius 1 is 1.07 bits per heavy atom. The summed E-state index contributed by atoms with van der Waals surface area (Å²) in [6.07, 6.45) is 7.48. The van der Waals surface area contributed by atoms with Crippen LogP contribution in [0.15, 0.2) is 51.2 Å². The van der Waals surface area contributed by atoms with E-state index >= 15 is 0 Å². The maximum atomic E-state index is 12.8. The molecule has 7 heteroatoms. The number of nitrogens with zero attached hydrogens (tertiary/aromatic N) is 4. The van der Waals surface area contributed by atoms with E-state index in [4.69, 9.17) is 0 Å². The molecule has 0 saturated carbocycles. The molecule has 0 aliphatic rings. The first-order chi connectivity index (χ1) is 13.5. The SMILES string of the molecule is CCCCCSc1nc2c(c(=O)n(C)c(=O)n2C)n1CC=Cc1ccccc1. The van der Waals surface area contributed by atoms with Gasteiger partial charge in [0, 0.05) is 26.4 Å². The van der Waals surface area contributed by atoms with Crippen molar-refractivity contribution in [2.45, 2.75) is 37.9 Å². The van der Waals surface area contributed by atoms with Gasteiger partial charge in [-0.15, -0.1) is 0 Å². The number of rotatable bonds is 8. The maximum Gasteiger partial charge on any atom is 0.332 e. The summed E-state index contributed by atoms with van der Waals surface area (Å²) in [7, 11) is 3.17. The van der Waals surface area contributed by atoms with Crippen LogP contribution >= 0.6 is 11.8 Å². The van der Waals surface area contributed by atoms with Crippen LogP contribution in [-0.2, 0) is 20.6 Å². The number of fused-ring (bicyclic) bond motifs is 1. The Kier molecular flexibility index (Phi) is 6.57. The van der Waals surface area contributed by atoms with Crippen LogP contribution in [0.25, 0.3) is 17.2 Å². The standard InChI is InChI=1S/C21H26N4O2S/c1-4-5-9-15-28-20-22-18-17(19(26)24(3)21(27)23(18)2)25(20)14-10-13-16-11-7-6-8-12-16/h6-8,10-13H,4-5,9,14-15H2,1-3H3. The van der Waals surface area contributed by atoms with Crippen molar-refractivity contribution in [3.8, 4) is 0 Å². The monoisotopic (exact) mass is 398 g/mol. The first-order valence-electron chi connectivity index (χ1n) is 9.55. The topological polar surface area (TPSA) is 61.8 Å². The second kappa shape index (κ2) is 9.10. The molecule has 0 spiro atoms. The third-order valence-corrected chi connectivity index (χ3v) is 5.75. The van der Waals surface area contributed by atoms with Crippen molar-refractivity contribution in [3.63, 3.8) is 0 Å². The Labute approximate surface area is 168 Å². The Morgan fingerprint density at radius 2 is 1.82 bits per heavy atom. The largest absolute Gasteiger partial charge is 0.332 e. The molecule has 0 radical (unpaired) electrons. The Bertz CT molecular complexity index is 1090. The van der Waals surface area contributed by atoms with Crippen LogP contribution in [0.2, 0.25) is 0 Å². The number of hydrogen-bond donors (Lipinski definition) is 0. The molecule has 0 unspecified atom stereocenters. The summed E-state index contributed by atoms with van der Waals surface area (Å²) in [5.74, 6) is 0.938. The average Bonchev–Trinajstić information content (AvgIpc) is 3.07. The van der Waals surface area contributed by atoms with Gasteiger partial charge in [0.05, 0.1) is 0 Å². The molecule has 0 aliphatic carbocycles. The van der Waals surface area contributed by atoms with Gasteiger partial charge in [-0.3, -0.25) is 13.9 Å². The lowest BCUT2D eigenvalue weighted by atomic mass is 10.2. The number of allylic oxidation sites excluding steroid dienone is 1. The van der Waals surface area contributed by atoms with Crippen LogP contribution in [0.4, 0.5) is 0 Å². The van der Waals surface area contributed by atoms with Gasteiger partial charge in [-0.1, -0.05) is 74.0 Å². The molecule has 28 heavy (non-hydrogen) atoms. The van der Waals surface area contributed by atoms with Crippen LogP contribution in [-0.4, -0.2) is 24.4 Å². The first-order valence-corrected chi connectivity index (χ1v) is 10.5. The molecule has 3 aromatic rings. The van der Waals surface area contributed by atoms with Crippen LogP contribution in [0.5, 0.6) is 0 Å². The summed E-state index contributed by atoms with van der Waals surface area (Å²) in [5, 5.41) is 0.780. The molecule has 148 valence electrons. The van der Waals surface area contributed by atoms with Crippen molar-refractivity contribution in [2.75, 3.05) is 5.75 Å². The maximum absolute atomic E-state index is 12.8. The van der Waals surface area contributed by atoms with Crippen molar-refractivity contribution in [1.82, 2.24) is 18.7 Å². The molecule has 0 saturated heterocycles. The van der Waals surface area contributed by atoms with Crippen molar-refractivity contribution in [1.29, 1.82) is 0 Å². The zero-order valence-electron chi connectivity index (χ0n) is 16.6. The predicted molar refractivity (Wildman–Crippen MR) is 116 cm³/mol. The van der Waals surface area contributed by atoms with E-state index in [1.54, 1.807) is 18.8 Å². The van der Waals surface area contributed by atoms with E-state index < -0.39 is 0 Å². The Morgan fingerprint density at radius 3 is 2.54 bits per heavy atom. The molecule has 1 aromatic carbocycles. The molecule has 2 heterocycles. The lowest BCUT2D eigenvalue weighted by Gasteiger charge is -2.07. The summed E-state index contributed by atoms with van der Waals surface area (Å²) in [4.78, 5) is 29.7. The van der Waals surface area contributed by atoms with E-state index in [9.17, 15) is 9.59 Å². The number of benzene rings is 1. The van der Waals surface area contributed by atoms with Crippen LogP contribution < -0.4 is 11.2 Å². The van der Waals surface area contributed by atoms with Crippen molar-refractivity contribution in [3.05, 3.63) is 62.8 Å². The number of unbranched alkanes of at least 4 members (excludes halogenated alkanes) is 2. The highest BCUT2D eigenvalue weighted by molar-refractivity contribution is 7.99. The second-order valence-electron chi connectivity index (χ2n) is 6.75. The van der Waals surface area contributed by atoms with Crippen molar-refractivity contribution >= 4 is 29.0 Å². The summed E-state index contributed by atoms with van der Waals surface area (Å²) in [5.41, 5.74) is 1.35. The van der Waals surface area contributed by atoms with E-state index in [-0.39, 0.29) is 11.2 Å². The van der Waals surface area contributed by atoms with Gasteiger partial charge in [-0.05, 0) is 12.0 Å². The van der Waals surface area contributed by atoms with Gasteiger partial charge in [-0.25, -0.2) is 9.78 Å². The summed E-state index contributed by atoms with van der Waals surface area (Å²) in [6.45, 7) is 2.70. The van der Waals surface area contributed by atoms with Crippen LogP contribution in [0, 0.1) is 0 Å². The Hall–Kier alpha value is -2.54. The fourth-order valence-electron chi connectivity index (χ4n) is 3.08. The second-order valence-corrected chi connectivity index (χ2v) is 7.81. The van der Waals surface area contributed by atoms with E-state index in [0.717, 1.165) is 33.9 Å². The highest BCUT2D eigenvalue weighted by Gasteiger charge is 2.18. The average molecular weight is 399 g/mol. The fourth-order valence-corrected chi connectivity index (χ4v) is 4.08. The summed E-state index contributed by atoms with van der Waals surface area (Å²) >= 11 is 1.64. The van der Waals surface area contributed by atoms with Gasteiger partial charge in [-0.2, -0.15) is 0 Å². The number of imidazole rings is 1. The third kappa shape index (κ3) is 4.14. The normalized spacial score (nSPS) is 11.7. The number of aromatic nitrogens is 4. The number of thioether (sulfide) groups is 1. The van der Waals surface area contributed by atoms with Gasteiger partial charge in [0.15, 0.2) is 16.3 Å². The van der Waals surface area contributed by atoms with E-state index in [1.165, 1.54) is 18.0 Å². The zero-order valence-corrected chi connectivity index (χ0v) is 17.4. The van der Waals surface area contributed by atoms with Crippen LogP contribution in [0.3, 0.4) is 0 Å². The lowest BCUT2D eigenvalue weighted by Crippen LogP contribution is -2.37. The molecule has 6 nitrogen and oxygen atoms in total. The first kappa shape index (κ1) is 20.2. The Balaban J connectivity index is 2.02. The van der Waals surface area contributed by atoms with Crippen molar-refractivity contribution < 1.29 is 0 Å². The highest BCUT2D eigenvalue weighted by Crippen LogP contribution is 2.23. The molecule has 0 atom stereocenters. The molecule has 0 amide bonds. The van der Waals surface area contributed by atoms with Gasteiger partial charge in [0.2, 0.25) is 0 Å². The van der Waals surface area contributed by atoms with Gasteiger partial charge in [0.25, 0.3) is 5.56 Å². The highest BCUT2D eigenvalue weighted by atomic mass is 32.2. The molecular formula is C21H26N4O2S. The van der Waals surface area contributed by atoms with E-state index in [2.05, 4.69) is 11.9 Å². The minimum Gasteiger partial charge on any atom is -0.309 e. The zero-order chi connectivity index (χ0) is 20.1. The van der Waals surface area contributed by atoms with Gasteiger partial charge < -0.3 is 4.57 Å². The van der Waals surface area contributed by atoms with E-state index in [0.29, 0.717) is 17.7 Å². The van der Waals surface area contributed by atoms with Crippen LogP contribution in [0.1, 0.15) is 31.7 Å².